The van der Waals surface area contributed by atoms with Gasteiger partial charge in [0.05, 0.1) is 22.3 Å². The predicted octanol–water partition coefficient (Wildman–Crippen LogP) is 4.66. The second kappa shape index (κ2) is 7.01. The average molecular weight is 355 g/mol. The fraction of sp³-hybridized carbons (Fsp3) is 0.312. The largest absolute Gasteiger partial charge is 0.322 e. The van der Waals surface area contributed by atoms with Crippen LogP contribution < -0.4 is 5.32 Å². The van der Waals surface area contributed by atoms with Crippen molar-refractivity contribution in [1.29, 1.82) is 0 Å². The van der Waals surface area contributed by atoms with Gasteiger partial charge in [-0.25, -0.2) is 0 Å². The lowest BCUT2D eigenvalue weighted by molar-refractivity contribution is -0.117. The number of rotatable bonds is 6. The molecule has 1 fully saturated rings. The molecule has 0 radical (unpaired) electrons. The first kappa shape index (κ1) is 15.8. The maximum atomic E-state index is 12.3. The molecule has 3 rings (SSSR count). The van der Waals surface area contributed by atoms with E-state index >= 15 is 0 Å². The van der Waals surface area contributed by atoms with Gasteiger partial charge in [-0.2, -0.15) is 0 Å². The van der Waals surface area contributed by atoms with Gasteiger partial charge in [-0.1, -0.05) is 35.3 Å². The van der Waals surface area contributed by atoms with Crippen molar-refractivity contribution in [3.05, 3.63) is 50.6 Å². The molecule has 0 saturated heterocycles. The van der Waals surface area contributed by atoms with Crippen LogP contribution in [0.2, 0.25) is 10.0 Å². The Morgan fingerprint density at radius 3 is 2.55 bits per heavy atom. The van der Waals surface area contributed by atoms with E-state index < -0.39 is 0 Å². The van der Waals surface area contributed by atoms with Gasteiger partial charge in [0.15, 0.2) is 0 Å². The Hall–Kier alpha value is -1.07. The van der Waals surface area contributed by atoms with E-state index in [1.54, 1.807) is 29.5 Å². The van der Waals surface area contributed by atoms with Gasteiger partial charge in [-0.05, 0) is 36.4 Å². The fourth-order valence-corrected chi connectivity index (χ4v) is 3.56. The van der Waals surface area contributed by atoms with Gasteiger partial charge in [-0.3, -0.25) is 9.69 Å². The number of nitrogens with zero attached hydrogens (tertiary/aromatic N) is 1. The predicted molar refractivity (Wildman–Crippen MR) is 92.8 cm³/mol. The number of amides is 1. The topological polar surface area (TPSA) is 32.3 Å². The Bertz CT molecular complexity index is 636. The Kier molecular flexibility index (Phi) is 5.03. The van der Waals surface area contributed by atoms with E-state index in [4.69, 9.17) is 23.2 Å². The Labute approximate surface area is 143 Å². The molecule has 1 heterocycles. The average Bonchev–Trinajstić information content (AvgIpc) is 3.21. The van der Waals surface area contributed by atoms with E-state index in [-0.39, 0.29) is 5.91 Å². The zero-order chi connectivity index (χ0) is 15.5. The minimum absolute atomic E-state index is 0.0848. The maximum Gasteiger partial charge on any atom is 0.238 e. The quantitative estimate of drug-likeness (QED) is 0.818. The standard InChI is InChI=1S/C16H16Cl2N2OS/c17-13-4-1-5-14(18)16(13)19-15(21)10-20(11-6-7-11)9-12-3-2-8-22-12/h1-5,8,11H,6-7,9-10H2,(H,19,21). The van der Waals surface area contributed by atoms with Crippen molar-refractivity contribution in [1.82, 2.24) is 4.90 Å². The van der Waals surface area contributed by atoms with Crippen LogP contribution in [0.4, 0.5) is 5.69 Å². The second-order valence-electron chi connectivity index (χ2n) is 5.36. The fourth-order valence-electron chi connectivity index (χ4n) is 2.34. The minimum Gasteiger partial charge on any atom is -0.322 e. The van der Waals surface area contributed by atoms with Crippen molar-refractivity contribution < 1.29 is 4.79 Å². The lowest BCUT2D eigenvalue weighted by Gasteiger charge is -2.21. The Balaban J connectivity index is 1.64. The molecular weight excluding hydrogens is 339 g/mol. The number of hydrogen-bond acceptors (Lipinski definition) is 3. The Morgan fingerprint density at radius 1 is 1.23 bits per heavy atom. The number of thiophene rings is 1. The summed E-state index contributed by atoms with van der Waals surface area (Å²) in [7, 11) is 0. The van der Waals surface area contributed by atoms with Crippen LogP contribution in [0.25, 0.3) is 0 Å². The van der Waals surface area contributed by atoms with E-state index in [2.05, 4.69) is 21.7 Å². The van der Waals surface area contributed by atoms with Gasteiger partial charge in [0.25, 0.3) is 0 Å². The molecule has 3 nitrogen and oxygen atoms in total. The summed E-state index contributed by atoms with van der Waals surface area (Å²) < 4.78 is 0. The molecule has 2 aromatic rings. The number of carbonyl (C=O) groups is 1. The zero-order valence-electron chi connectivity index (χ0n) is 11.9. The molecular formula is C16H16Cl2N2OS. The molecule has 1 aromatic carbocycles. The maximum absolute atomic E-state index is 12.3. The summed E-state index contributed by atoms with van der Waals surface area (Å²) in [5, 5.41) is 5.80. The highest BCUT2D eigenvalue weighted by Crippen LogP contribution is 2.31. The molecule has 1 aliphatic rings. The highest BCUT2D eigenvalue weighted by atomic mass is 35.5. The summed E-state index contributed by atoms with van der Waals surface area (Å²) in [5.74, 6) is -0.0848. The van der Waals surface area contributed by atoms with Crippen LogP contribution in [-0.4, -0.2) is 23.4 Å². The van der Waals surface area contributed by atoms with E-state index in [1.807, 2.05) is 6.07 Å². The molecule has 0 aliphatic heterocycles. The molecule has 116 valence electrons. The number of halogens is 2. The monoisotopic (exact) mass is 354 g/mol. The summed E-state index contributed by atoms with van der Waals surface area (Å²) in [6, 6.07) is 9.83. The summed E-state index contributed by atoms with van der Waals surface area (Å²) >= 11 is 13.9. The Morgan fingerprint density at radius 2 is 1.95 bits per heavy atom. The number of anilines is 1. The molecule has 0 bridgehead atoms. The molecule has 22 heavy (non-hydrogen) atoms. The molecule has 0 atom stereocenters. The molecule has 0 unspecified atom stereocenters. The van der Waals surface area contributed by atoms with Gasteiger partial charge in [0.2, 0.25) is 5.91 Å². The first-order valence-electron chi connectivity index (χ1n) is 7.14. The number of nitrogens with one attached hydrogen (secondary N) is 1. The van der Waals surface area contributed by atoms with Crippen LogP contribution in [0.5, 0.6) is 0 Å². The van der Waals surface area contributed by atoms with Crippen molar-refractivity contribution in [2.45, 2.75) is 25.4 Å². The highest BCUT2D eigenvalue weighted by molar-refractivity contribution is 7.09. The van der Waals surface area contributed by atoms with Crippen molar-refractivity contribution in [2.75, 3.05) is 11.9 Å². The first-order chi connectivity index (χ1) is 10.6. The van der Waals surface area contributed by atoms with Crippen LogP contribution in [0.1, 0.15) is 17.7 Å². The van der Waals surface area contributed by atoms with E-state index in [0.717, 1.165) is 19.4 Å². The molecule has 1 amide bonds. The van der Waals surface area contributed by atoms with Gasteiger partial charge in [0, 0.05) is 17.5 Å². The van der Waals surface area contributed by atoms with Gasteiger partial charge < -0.3 is 5.32 Å². The number of para-hydroxylation sites is 1. The summed E-state index contributed by atoms with van der Waals surface area (Å²) in [4.78, 5) is 15.8. The molecule has 1 aromatic heterocycles. The summed E-state index contributed by atoms with van der Waals surface area (Å²) in [6.07, 6.45) is 2.32. The van der Waals surface area contributed by atoms with Crippen LogP contribution in [0, 0.1) is 0 Å². The van der Waals surface area contributed by atoms with Crippen LogP contribution in [0.15, 0.2) is 35.7 Å². The molecule has 6 heteroatoms. The summed E-state index contributed by atoms with van der Waals surface area (Å²) in [6.45, 7) is 1.16. The van der Waals surface area contributed by atoms with Gasteiger partial charge in [0.1, 0.15) is 0 Å². The van der Waals surface area contributed by atoms with Crippen molar-refractivity contribution in [2.24, 2.45) is 0 Å². The van der Waals surface area contributed by atoms with E-state index in [1.165, 1.54) is 4.88 Å². The van der Waals surface area contributed by atoms with Crippen LogP contribution in [0.3, 0.4) is 0 Å². The van der Waals surface area contributed by atoms with Crippen molar-refractivity contribution in [3.8, 4) is 0 Å². The highest BCUT2D eigenvalue weighted by Gasteiger charge is 2.30. The first-order valence-corrected chi connectivity index (χ1v) is 8.77. The van der Waals surface area contributed by atoms with Gasteiger partial charge in [-0.15, -0.1) is 11.3 Å². The minimum atomic E-state index is -0.0848. The van der Waals surface area contributed by atoms with Crippen molar-refractivity contribution >= 4 is 46.1 Å². The number of benzene rings is 1. The molecule has 1 aliphatic carbocycles. The lowest BCUT2D eigenvalue weighted by Crippen LogP contribution is -2.34. The third-order valence-electron chi connectivity index (χ3n) is 3.58. The molecule has 1 saturated carbocycles. The summed E-state index contributed by atoms with van der Waals surface area (Å²) in [5.41, 5.74) is 0.489. The third kappa shape index (κ3) is 4.02. The van der Waals surface area contributed by atoms with Gasteiger partial charge >= 0.3 is 0 Å². The normalized spacial score (nSPS) is 14.3. The lowest BCUT2D eigenvalue weighted by atomic mass is 10.3. The molecule has 0 spiro atoms. The SMILES string of the molecule is O=C(CN(Cc1cccs1)C1CC1)Nc1c(Cl)cccc1Cl. The third-order valence-corrected chi connectivity index (χ3v) is 5.07. The van der Waals surface area contributed by atoms with E-state index in [0.29, 0.717) is 28.3 Å². The second-order valence-corrected chi connectivity index (χ2v) is 7.21. The van der Waals surface area contributed by atoms with Crippen LogP contribution in [-0.2, 0) is 11.3 Å². The zero-order valence-corrected chi connectivity index (χ0v) is 14.2. The molecule has 1 N–H and O–H groups in total. The van der Waals surface area contributed by atoms with E-state index in [9.17, 15) is 4.79 Å². The van der Waals surface area contributed by atoms with Crippen LogP contribution >= 0.6 is 34.5 Å². The number of hydrogen-bond donors (Lipinski definition) is 1. The van der Waals surface area contributed by atoms with Crippen molar-refractivity contribution in [3.63, 3.8) is 0 Å². The smallest absolute Gasteiger partial charge is 0.238 e. The number of carbonyl (C=O) groups excluding carboxylic acids is 1.